The number of carbonyl (C=O) groups excluding carboxylic acids is 2. The van der Waals surface area contributed by atoms with E-state index in [4.69, 9.17) is 9.47 Å². The maximum Gasteiger partial charge on any atom is 0.407 e. The van der Waals surface area contributed by atoms with Crippen molar-refractivity contribution in [2.24, 2.45) is 0 Å². The monoisotopic (exact) mass is 265 g/mol. The number of benzene rings is 1. The molecule has 1 aromatic rings. The van der Waals surface area contributed by atoms with Gasteiger partial charge in [0.2, 0.25) is 0 Å². The maximum atomic E-state index is 11.4. The Balaban J connectivity index is 2.55. The highest BCUT2D eigenvalue weighted by molar-refractivity contribution is 5.75. The molecule has 0 bridgehead atoms. The average Bonchev–Trinajstić information content (AvgIpc) is 2.45. The highest BCUT2D eigenvalue weighted by atomic mass is 16.5. The minimum Gasteiger partial charge on any atom is -0.496 e. The fourth-order valence-corrected chi connectivity index (χ4v) is 1.54. The molecule has 19 heavy (non-hydrogen) atoms. The number of unbranched alkanes of at least 4 members (excludes halogenated alkanes) is 1. The fraction of sp³-hybridized carbons (Fsp3) is 0.429. The number of alkyl carbamates (subject to hydrolysis) is 1. The van der Waals surface area contributed by atoms with Gasteiger partial charge in [-0.3, -0.25) is 4.79 Å². The number of carbonyl (C=O) groups is 2. The second-order valence-corrected chi connectivity index (χ2v) is 4.03. The van der Waals surface area contributed by atoms with Crippen LogP contribution in [-0.2, 0) is 11.3 Å². The summed E-state index contributed by atoms with van der Waals surface area (Å²) in [6.45, 7) is 2.70. The van der Waals surface area contributed by atoms with Crippen molar-refractivity contribution < 1.29 is 19.1 Å². The van der Waals surface area contributed by atoms with Crippen LogP contribution in [0.25, 0.3) is 0 Å². The van der Waals surface area contributed by atoms with Crippen molar-refractivity contribution in [2.45, 2.75) is 26.3 Å². The molecule has 1 aromatic carbocycles. The first-order valence-electron chi connectivity index (χ1n) is 6.24. The lowest BCUT2D eigenvalue weighted by Gasteiger charge is -2.10. The molecule has 0 atom stereocenters. The molecule has 0 radical (unpaired) electrons. The summed E-state index contributed by atoms with van der Waals surface area (Å²) in [5.41, 5.74) is 1.27. The molecule has 104 valence electrons. The van der Waals surface area contributed by atoms with Crippen molar-refractivity contribution in [2.75, 3.05) is 13.7 Å². The zero-order valence-electron chi connectivity index (χ0n) is 11.3. The van der Waals surface area contributed by atoms with Crippen LogP contribution < -0.4 is 10.1 Å². The van der Waals surface area contributed by atoms with Crippen LogP contribution in [0.5, 0.6) is 5.75 Å². The van der Waals surface area contributed by atoms with E-state index in [0.29, 0.717) is 17.9 Å². The van der Waals surface area contributed by atoms with Crippen LogP contribution in [0.3, 0.4) is 0 Å². The van der Waals surface area contributed by atoms with E-state index in [-0.39, 0.29) is 6.54 Å². The van der Waals surface area contributed by atoms with E-state index in [1.807, 2.05) is 6.92 Å². The summed E-state index contributed by atoms with van der Waals surface area (Å²) in [6, 6.07) is 5.04. The first-order valence-corrected chi connectivity index (χ1v) is 6.24. The lowest BCUT2D eigenvalue weighted by atomic mass is 10.1. The van der Waals surface area contributed by atoms with Crippen LogP contribution in [0, 0.1) is 0 Å². The van der Waals surface area contributed by atoms with Crippen LogP contribution >= 0.6 is 0 Å². The molecule has 5 nitrogen and oxygen atoms in total. The van der Waals surface area contributed by atoms with E-state index in [9.17, 15) is 9.59 Å². The quantitative estimate of drug-likeness (QED) is 0.607. The van der Waals surface area contributed by atoms with Gasteiger partial charge in [0.05, 0.1) is 13.7 Å². The molecule has 5 heteroatoms. The molecule has 1 N–H and O–H groups in total. The van der Waals surface area contributed by atoms with Gasteiger partial charge in [-0.2, -0.15) is 0 Å². The molecule has 0 unspecified atom stereocenters. The van der Waals surface area contributed by atoms with E-state index < -0.39 is 6.09 Å². The number of rotatable bonds is 7. The molecule has 0 aliphatic rings. The Morgan fingerprint density at radius 2 is 2.21 bits per heavy atom. The van der Waals surface area contributed by atoms with E-state index in [0.717, 1.165) is 24.7 Å². The Bertz CT molecular complexity index is 431. The van der Waals surface area contributed by atoms with Gasteiger partial charge in [-0.15, -0.1) is 0 Å². The molecule has 1 amide bonds. The minimum absolute atomic E-state index is 0.260. The predicted octanol–water partition coefficient (Wildman–Crippen LogP) is 2.53. The van der Waals surface area contributed by atoms with Gasteiger partial charge < -0.3 is 14.8 Å². The molecular formula is C14H19NO4. The molecule has 0 spiro atoms. The molecule has 0 saturated carbocycles. The highest BCUT2D eigenvalue weighted by Crippen LogP contribution is 2.19. The standard InChI is InChI=1S/C14H19NO4/c1-3-4-7-19-14(17)15-9-12-8-11(10-16)5-6-13(12)18-2/h5-6,8,10H,3-4,7,9H2,1-2H3,(H,15,17). The van der Waals surface area contributed by atoms with Crippen molar-refractivity contribution in [1.82, 2.24) is 5.32 Å². The van der Waals surface area contributed by atoms with Crippen molar-refractivity contribution in [3.8, 4) is 5.75 Å². The van der Waals surface area contributed by atoms with Crippen LogP contribution in [0.15, 0.2) is 18.2 Å². The summed E-state index contributed by atoms with van der Waals surface area (Å²) in [4.78, 5) is 22.1. The number of amides is 1. The zero-order valence-corrected chi connectivity index (χ0v) is 11.3. The van der Waals surface area contributed by atoms with Gasteiger partial charge >= 0.3 is 6.09 Å². The Morgan fingerprint density at radius 3 is 2.84 bits per heavy atom. The zero-order chi connectivity index (χ0) is 14.1. The van der Waals surface area contributed by atoms with Gasteiger partial charge in [0, 0.05) is 17.7 Å². The second-order valence-electron chi connectivity index (χ2n) is 4.03. The van der Waals surface area contributed by atoms with E-state index >= 15 is 0 Å². The third-order valence-corrected chi connectivity index (χ3v) is 2.59. The van der Waals surface area contributed by atoms with Gasteiger partial charge in [0.15, 0.2) is 0 Å². The number of nitrogens with one attached hydrogen (secondary N) is 1. The molecule has 1 rings (SSSR count). The molecule has 0 saturated heterocycles. The number of methoxy groups -OCH3 is 1. The number of aldehydes is 1. The van der Waals surface area contributed by atoms with Gasteiger partial charge in [0.1, 0.15) is 12.0 Å². The third kappa shape index (κ3) is 4.99. The van der Waals surface area contributed by atoms with Gasteiger partial charge in [0.25, 0.3) is 0 Å². The van der Waals surface area contributed by atoms with Crippen LogP contribution in [0.4, 0.5) is 4.79 Å². The molecule has 0 aliphatic heterocycles. The van der Waals surface area contributed by atoms with E-state index in [1.165, 1.54) is 0 Å². The Kier molecular flexibility index (Phi) is 6.43. The summed E-state index contributed by atoms with van der Waals surface area (Å²) in [5.74, 6) is 0.624. The third-order valence-electron chi connectivity index (χ3n) is 2.59. The van der Waals surface area contributed by atoms with Crippen molar-refractivity contribution >= 4 is 12.4 Å². The van der Waals surface area contributed by atoms with Crippen LogP contribution in [0.2, 0.25) is 0 Å². The Hall–Kier alpha value is -2.04. The smallest absolute Gasteiger partial charge is 0.407 e. The van der Waals surface area contributed by atoms with Crippen LogP contribution in [-0.4, -0.2) is 26.1 Å². The number of hydrogen-bond acceptors (Lipinski definition) is 4. The molecule has 0 aliphatic carbocycles. The molecule has 0 heterocycles. The maximum absolute atomic E-state index is 11.4. The SMILES string of the molecule is CCCCOC(=O)NCc1cc(C=O)ccc1OC. The summed E-state index contributed by atoms with van der Waals surface area (Å²) in [6.07, 6.45) is 2.11. The summed E-state index contributed by atoms with van der Waals surface area (Å²) in [7, 11) is 1.54. The number of hydrogen-bond donors (Lipinski definition) is 1. The topological polar surface area (TPSA) is 64.6 Å². The van der Waals surface area contributed by atoms with E-state index in [1.54, 1.807) is 25.3 Å². The van der Waals surface area contributed by atoms with Crippen molar-refractivity contribution in [3.05, 3.63) is 29.3 Å². The molecular weight excluding hydrogens is 246 g/mol. The second kappa shape index (κ2) is 8.13. The van der Waals surface area contributed by atoms with E-state index in [2.05, 4.69) is 5.32 Å². The molecule has 0 aromatic heterocycles. The predicted molar refractivity (Wildman–Crippen MR) is 71.5 cm³/mol. The fourth-order valence-electron chi connectivity index (χ4n) is 1.54. The Labute approximate surface area is 112 Å². The summed E-state index contributed by atoms with van der Waals surface area (Å²) < 4.78 is 10.1. The summed E-state index contributed by atoms with van der Waals surface area (Å²) in [5, 5.41) is 2.63. The number of ether oxygens (including phenoxy) is 2. The first-order chi connectivity index (χ1) is 9.21. The van der Waals surface area contributed by atoms with Crippen LogP contribution in [0.1, 0.15) is 35.7 Å². The Morgan fingerprint density at radius 1 is 1.42 bits per heavy atom. The lowest BCUT2D eigenvalue weighted by Crippen LogP contribution is -2.24. The van der Waals surface area contributed by atoms with Crippen molar-refractivity contribution in [1.29, 1.82) is 0 Å². The molecule has 0 fully saturated rings. The van der Waals surface area contributed by atoms with Gasteiger partial charge in [-0.05, 0) is 24.6 Å². The summed E-state index contributed by atoms with van der Waals surface area (Å²) >= 11 is 0. The first kappa shape index (κ1) is 15.0. The normalized spacial score (nSPS) is 9.79. The highest BCUT2D eigenvalue weighted by Gasteiger charge is 2.07. The average molecular weight is 265 g/mol. The van der Waals surface area contributed by atoms with Gasteiger partial charge in [-0.25, -0.2) is 4.79 Å². The largest absolute Gasteiger partial charge is 0.496 e. The van der Waals surface area contributed by atoms with Crippen molar-refractivity contribution in [3.63, 3.8) is 0 Å². The van der Waals surface area contributed by atoms with Gasteiger partial charge in [-0.1, -0.05) is 13.3 Å². The minimum atomic E-state index is -0.466. The lowest BCUT2D eigenvalue weighted by molar-refractivity contribution is 0.112.